The Labute approximate surface area is 130 Å². The summed E-state index contributed by atoms with van der Waals surface area (Å²) in [4.78, 5) is 23.4. The van der Waals surface area contributed by atoms with E-state index in [0.29, 0.717) is 5.57 Å². The molecule has 5 nitrogen and oxygen atoms in total. The summed E-state index contributed by atoms with van der Waals surface area (Å²) in [6.45, 7) is 9.53. The topological polar surface area (TPSA) is 65.1 Å². The van der Waals surface area contributed by atoms with Gasteiger partial charge in [0.25, 0.3) is 0 Å². The summed E-state index contributed by atoms with van der Waals surface area (Å²) in [5.41, 5.74) is -0.186. The number of carbonyl (C=O) groups is 2. The molecule has 2 saturated heterocycles. The van der Waals surface area contributed by atoms with Crippen LogP contribution in [-0.2, 0) is 23.8 Å². The SMILES string of the molecule is C=C1C(=O)OC2CC(C)C34OC3CC(C)(OC(C)=O)C4CC12. The Morgan fingerprint density at radius 2 is 2.14 bits per heavy atom. The number of ether oxygens (including phenoxy) is 3. The van der Waals surface area contributed by atoms with Crippen molar-refractivity contribution in [2.24, 2.45) is 17.8 Å². The Kier molecular flexibility index (Phi) is 2.68. The molecule has 0 N–H and O–H groups in total. The molecule has 4 rings (SSSR count). The summed E-state index contributed by atoms with van der Waals surface area (Å²) in [7, 11) is 0. The molecule has 4 aliphatic rings. The van der Waals surface area contributed by atoms with E-state index in [-0.39, 0.29) is 47.5 Å². The van der Waals surface area contributed by atoms with E-state index in [1.807, 2.05) is 6.92 Å². The Hall–Kier alpha value is -1.36. The van der Waals surface area contributed by atoms with Gasteiger partial charge in [-0.3, -0.25) is 4.79 Å². The van der Waals surface area contributed by atoms with Crippen LogP contribution in [0.2, 0.25) is 0 Å². The first-order valence-electron chi connectivity index (χ1n) is 8.05. The number of carbonyl (C=O) groups excluding carboxylic acids is 2. The Morgan fingerprint density at radius 3 is 2.82 bits per heavy atom. The zero-order valence-electron chi connectivity index (χ0n) is 13.3. The fraction of sp³-hybridized carbons (Fsp3) is 0.765. The normalized spacial score (nSPS) is 52.2. The molecule has 0 bridgehead atoms. The van der Waals surface area contributed by atoms with Crippen LogP contribution in [0.1, 0.15) is 40.0 Å². The first-order chi connectivity index (χ1) is 10.3. The highest BCUT2D eigenvalue weighted by molar-refractivity contribution is 5.90. The molecule has 0 amide bonds. The van der Waals surface area contributed by atoms with Crippen molar-refractivity contribution in [3.63, 3.8) is 0 Å². The molecule has 120 valence electrons. The third-order valence-electron chi connectivity index (χ3n) is 6.30. The van der Waals surface area contributed by atoms with Crippen molar-refractivity contribution >= 4 is 11.9 Å². The smallest absolute Gasteiger partial charge is 0.334 e. The van der Waals surface area contributed by atoms with Gasteiger partial charge in [0, 0.05) is 30.8 Å². The predicted molar refractivity (Wildman–Crippen MR) is 76.8 cm³/mol. The number of esters is 2. The molecule has 7 atom stereocenters. The molecule has 2 aliphatic heterocycles. The van der Waals surface area contributed by atoms with Crippen LogP contribution < -0.4 is 0 Å². The van der Waals surface area contributed by atoms with Crippen molar-refractivity contribution in [3.8, 4) is 0 Å². The van der Waals surface area contributed by atoms with E-state index in [9.17, 15) is 9.59 Å². The fourth-order valence-electron chi connectivity index (χ4n) is 5.32. The summed E-state index contributed by atoms with van der Waals surface area (Å²) in [6.07, 6.45) is 2.31. The van der Waals surface area contributed by atoms with Crippen molar-refractivity contribution in [1.29, 1.82) is 0 Å². The summed E-state index contributed by atoms with van der Waals surface area (Å²) in [5, 5.41) is 0. The van der Waals surface area contributed by atoms with Crippen molar-refractivity contribution in [2.45, 2.75) is 63.4 Å². The minimum absolute atomic E-state index is 0.0113. The number of epoxide rings is 1. The van der Waals surface area contributed by atoms with Crippen molar-refractivity contribution in [3.05, 3.63) is 12.2 Å². The molecule has 4 fully saturated rings. The lowest BCUT2D eigenvalue weighted by Crippen LogP contribution is -2.44. The van der Waals surface area contributed by atoms with Gasteiger partial charge in [0.15, 0.2) is 0 Å². The molecule has 2 saturated carbocycles. The van der Waals surface area contributed by atoms with Gasteiger partial charge >= 0.3 is 11.9 Å². The van der Waals surface area contributed by atoms with Gasteiger partial charge in [-0.1, -0.05) is 13.5 Å². The molecule has 0 radical (unpaired) electrons. The average molecular weight is 306 g/mol. The zero-order valence-corrected chi connectivity index (χ0v) is 13.3. The van der Waals surface area contributed by atoms with Crippen LogP contribution in [0.25, 0.3) is 0 Å². The number of fused-ring (bicyclic) bond motifs is 1. The maximum atomic E-state index is 11.8. The number of hydrogen-bond acceptors (Lipinski definition) is 5. The minimum Gasteiger partial charge on any atom is -0.459 e. The lowest BCUT2D eigenvalue weighted by atomic mass is 9.76. The second-order valence-corrected chi connectivity index (χ2v) is 7.57. The second-order valence-electron chi connectivity index (χ2n) is 7.57. The molecule has 7 unspecified atom stereocenters. The van der Waals surface area contributed by atoms with Crippen LogP contribution in [0.3, 0.4) is 0 Å². The van der Waals surface area contributed by atoms with E-state index in [1.165, 1.54) is 6.92 Å². The monoisotopic (exact) mass is 306 g/mol. The molecule has 5 heteroatoms. The van der Waals surface area contributed by atoms with Gasteiger partial charge in [-0.25, -0.2) is 4.79 Å². The first kappa shape index (κ1) is 14.2. The quantitative estimate of drug-likeness (QED) is 0.421. The lowest BCUT2D eigenvalue weighted by Gasteiger charge is -2.37. The molecule has 0 aromatic rings. The van der Waals surface area contributed by atoms with Gasteiger partial charge in [-0.05, 0) is 25.7 Å². The highest BCUT2D eigenvalue weighted by Gasteiger charge is 2.77. The predicted octanol–water partition coefficient (Wildman–Crippen LogP) is 1.99. The molecular weight excluding hydrogens is 284 g/mol. The van der Waals surface area contributed by atoms with Crippen LogP contribution in [0.5, 0.6) is 0 Å². The van der Waals surface area contributed by atoms with E-state index in [2.05, 4.69) is 13.5 Å². The van der Waals surface area contributed by atoms with Crippen molar-refractivity contribution in [1.82, 2.24) is 0 Å². The highest BCUT2D eigenvalue weighted by atomic mass is 16.6. The summed E-state index contributed by atoms with van der Waals surface area (Å²) in [5.74, 6) is -0.167. The van der Waals surface area contributed by atoms with Crippen molar-refractivity contribution < 1.29 is 23.8 Å². The van der Waals surface area contributed by atoms with Crippen molar-refractivity contribution in [2.75, 3.05) is 0 Å². The second kappa shape index (κ2) is 4.13. The van der Waals surface area contributed by atoms with Crippen LogP contribution in [0.15, 0.2) is 12.2 Å². The molecule has 2 aliphatic carbocycles. The Bertz CT molecular complexity index is 584. The average Bonchev–Trinajstić information content (AvgIpc) is 2.99. The summed E-state index contributed by atoms with van der Waals surface area (Å²) >= 11 is 0. The van der Waals surface area contributed by atoms with E-state index in [1.54, 1.807) is 0 Å². The van der Waals surface area contributed by atoms with Crippen LogP contribution >= 0.6 is 0 Å². The molecule has 22 heavy (non-hydrogen) atoms. The molecule has 2 heterocycles. The number of rotatable bonds is 1. The summed E-state index contributed by atoms with van der Waals surface area (Å²) in [6, 6.07) is 0. The molecule has 0 aromatic carbocycles. The van der Waals surface area contributed by atoms with Gasteiger partial charge in [0.1, 0.15) is 17.3 Å². The van der Waals surface area contributed by atoms with Crippen LogP contribution in [0.4, 0.5) is 0 Å². The standard InChI is InChI=1S/C17H22O5/c1-8-5-12-11(9(2)15(19)20-12)6-13-16(4,21-10(3)18)7-14-17(8,13)22-14/h8,11-14H,2,5-7H2,1,3-4H3. The van der Waals surface area contributed by atoms with Gasteiger partial charge in [0.05, 0.1) is 6.10 Å². The maximum absolute atomic E-state index is 11.8. The zero-order chi connectivity index (χ0) is 15.9. The van der Waals surface area contributed by atoms with Gasteiger partial charge in [0.2, 0.25) is 0 Å². The Balaban J connectivity index is 1.71. The van der Waals surface area contributed by atoms with Gasteiger partial charge in [-0.2, -0.15) is 0 Å². The van der Waals surface area contributed by atoms with Gasteiger partial charge in [-0.15, -0.1) is 0 Å². The third-order valence-corrected chi connectivity index (χ3v) is 6.30. The summed E-state index contributed by atoms with van der Waals surface area (Å²) < 4.78 is 17.3. The molecular formula is C17H22O5. The third kappa shape index (κ3) is 1.63. The number of hydrogen-bond donors (Lipinski definition) is 0. The first-order valence-corrected chi connectivity index (χ1v) is 8.05. The largest absolute Gasteiger partial charge is 0.459 e. The fourth-order valence-corrected chi connectivity index (χ4v) is 5.32. The van der Waals surface area contributed by atoms with E-state index in [0.717, 1.165) is 19.3 Å². The minimum atomic E-state index is -0.524. The highest BCUT2D eigenvalue weighted by Crippen LogP contribution is 2.67. The van der Waals surface area contributed by atoms with Gasteiger partial charge < -0.3 is 14.2 Å². The molecule has 0 aromatic heterocycles. The molecule has 1 spiro atoms. The van der Waals surface area contributed by atoms with E-state index >= 15 is 0 Å². The lowest BCUT2D eigenvalue weighted by molar-refractivity contribution is -0.166. The maximum Gasteiger partial charge on any atom is 0.334 e. The van der Waals surface area contributed by atoms with Crippen LogP contribution in [0, 0.1) is 17.8 Å². The van der Waals surface area contributed by atoms with Crippen LogP contribution in [-0.4, -0.2) is 35.3 Å². The van der Waals surface area contributed by atoms with E-state index in [4.69, 9.17) is 14.2 Å². The Morgan fingerprint density at radius 1 is 1.41 bits per heavy atom. The van der Waals surface area contributed by atoms with E-state index < -0.39 is 5.60 Å².